The highest BCUT2D eigenvalue weighted by Gasteiger charge is 2.23. The Balaban J connectivity index is 3.05. The lowest BCUT2D eigenvalue weighted by Crippen LogP contribution is -2.25. The molecule has 0 radical (unpaired) electrons. The zero-order valence-corrected chi connectivity index (χ0v) is 12.0. The van der Waals surface area contributed by atoms with Crippen molar-refractivity contribution in [2.24, 2.45) is 5.73 Å². The molecule has 104 valence electrons. The first-order chi connectivity index (χ1) is 8.44. The summed E-state index contributed by atoms with van der Waals surface area (Å²) in [6, 6.07) is 0. The second-order valence-corrected chi connectivity index (χ2v) is 5.97. The predicted molar refractivity (Wildman–Crippen MR) is 70.9 cm³/mol. The molecule has 0 bridgehead atoms. The first-order valence-electron chi connectivity index (χ1n) is 6.17. The molecule has 0 amide bonds. The summed E-state index contributed by atoms with van der Waals surface area (Å²) in [5, 5.41) is 4.26. The van der Waals surface area contributed by atoms with E-state index in [2.05, 4.69) is 9.82 Å². The van der Waals surface area contributed by atoms with E-state index in [-0.39, 0.29) is 0 Å². The SMILES string of the molecule is CCCNS(=O)(=O)c1c(C)nn(CCCN)c1C. The molecule has 0 atom stereocenters. The molecule has 18 heavy (non-hydrogen) atoms. The summed E-state index contributed by atoms with van der Waals surface area (Å²) >= 11 is 0. The van der Waals surface area contributed by atoms with Gasteiger partial charge in [-0.25, -0.2) is 13.1 Å². The molecule has 1 heterocycles. The van der Waals surface area contributed by atoms with E-state index in [9.17, 15) is 8.42 Å². The normalized spacial score (nSPS) is 12.0. The summed E-state index contributed by atoms with van der Waals surface area (Å²) in [6.07, 6.45) is 1.54. The van der Waals surface area contributed by atoms with Crippen molar-refractivity contribution < 1.29 is 8.42 Å². The molecule has 0 saturated heterocycles. The van der Waals surface area contributed by atoms with Crippen LogP contribution in [0.25, 0.3) is 0 Å². The number of nitrogens with zero attached hydrogens (tertiary/aromatic N) is 2. The van der Waals surface area contributed by atoms with E-state index in [1.165, 1.54) is 0 Å². The van der Waals surface area contributed by atoms with Crippen LogP contribution >= 0.6 is 0 Å². The lowest BCUT2D eigenvalue weighted by Gasteiger charge is -2.06. The van der Waals surface area contributed by atoms with Crippen LogP contribution in [-0.2, 0) is 16.6 Å². The van der Waals surface area contributed by atoms with Crippen LogP contribution in [0.3, 0.4) is 0 Å². The first kappa shape index (κ1) is 15.1. The van der Waals surface area contributed by atoms with E-state index in [1.54, 1.807) is 18.5 Å². The van der Waals surface area contributed by atoms with Crippen LogP contribution in [-0.4, -0.2) is 31.3 Å². The van der Waals surface area contributed by atoms with Crippen LogP contribution in [0.5, 0.6) is 0 Å². The van der Waals surface area contributed by atoms with Crippen molar-refractivity contribution in [2.45, 2.75) is 45.1 Å². The van der Waals surface area contributed by atoms with Crippen LogP contribution in [0.2, 0.25) is 0 Å². The van der Waals surface area contributed by atoms with Crippen LogP contribution in [0.1, 0.15) is 31.2 Å². The molecule has 1 rings (SSSR count). The van der Waals surface area contributed by atoms with Crippen molar-refractivity contribution >= 4 is 10.0 Å². The third kappa shape index (κ3) is 3.30. The number of sulfonamides is 1. The maximum Gasteiger partial charge on any atom is 0.244 e. The monoisotopic (exact) mass is 274 g/mol. The van der Waals surface area contributed by atoms with Gasteiger partial charge in [0.2, 0.25) is 10.0 Å². The number of hydrogen-bond acceptors (Lipinski definition) is 4. The van der Waals surface area contributed by atoms with Gasteiger partial charge in [-0.1, -0.05) is 6.92 Å². The van der Waals surface area contributed by atoms with Gasteiger partial charge in [-0.2, -0.15) is 5.10 Å². The standard InChI is InChI=1S/C11H22N4O2S/c1-4-7-13-18(16,17)11-9(2)14-15(10(11)3)8-5-6-12/h13H,4-8,12H2,1-3H3. The van der Waals surface area contributed by atoms with Gasteiger partial charge in [0.1, 0.15) is 4.90 Å². The fraction of sp³-hybridized carbons (Fsp3) is 0.727. The number of aryl methyl sites for hydroxylation is 2. The molecule has 0 aliphatic carbocycles. The number of rotatable bonds is 7. The van der Waals surface area contributed by atoms with E-state index in [4.69, 9.17) is 5.73 Å². The molecule has 1 aromatic heterocycles. The van der Waals surface area contributed by atoms with E-state index >= 15 is 0 Å². The van der Waals surface area contributed by atoms with E-state index in [1.807, 2.05) is 6.92 Å². The second kappa shape index (κ2) is 6.31. The predicted octanol–water partition coefficient (Wildman–Crippen LogP) is 0.537. The third-order valence-corrected chi connectivity index (χ3v) is 4.41. The summed E-state index contributed by atoms with van der Waals surface area (Å²) in [5.41, 5.74) is 6.66. The van der Waals surface area contributed by atoms with Crippen molar-refractivity contribution in [2.75, 3.05) is 13.1 Å². The van der Waals surface area contributed by atoms with Gasteiger partial charge in [0, 0.05) is 13.1 Å². The van der Waals surface area contributed by atoms with Crippen LogP contribution in [0.4, 0.5) is 0 Å². The molecular weight excluding hydrogens is 252 g/mol. The Labute approximate surface area is 109 Å². The van der Waals surface area contributed by atoms with Gasteiger partial charge in [-0.3, -0.25) is 4.68 Å². The highest BCUT2D eigenvalue weighted by molar-refractivity contribution is 7.89. The lowest BCUT2D eigenvalue weighted by atomic mass is 10.4. The maximum absolute atomic E-state index is 12.1. The fourth-order valence-corrected chi connectivity index (χ4v) is 3.38. The average molecular weight is 274 g/mol. The van der Waals surface area contributed by atoms with Crippen LogP contribution in [0.15, 0.2) is 4.90 Å². The quantitative estimate of drug-likeness (QED) is 0.759. The summed E-state index contributed by atoms with van der Waals surface area (Å²) < 4.78 is 28.5. The van der Waals surface area contributed by atoms with Gasteiger partial charge in [0.15, 0.2) is 0 Å². The van der Waals surface area contributed by atoms with Crippen molar-refractivity contribution in [1.82, 2.24) is 14.5 Å². The van der Waals surface area contributed by atoms with Crippen molar-refractivity contribution in [1.29, 1.82) is 0 Å². The molecule has 6 nitrogen and oxygen atoms in total. The molecular formula is C11H22N4O2S. The maximum atomic E-state index is 12.1. The van der Waals surface area contributed by atoms with Gasteiger partial charge < -0.3 is 5.73 Å². The lowest BCUT2D eigenvalue weighted by molar-refractivity contribution is 0.563. The summed E-state index contributed by atoms with van der Waals surface area (Å²) in [4.78, 5) is 0.299. The second-order valence-electron chi connectivity index (χ2n) is 4.26. The van der Waals surface area contributed by atoms with E-state index in [0.717, 1.165) is 12.8 Å². The molecule has 0 aromatic carbocycles. The molecule has 0 spiro atoms. The smallest absolute Gasteiger partial charge is 0.244 e. The Hall–Kier alpha value is -0.920. The highest BCUT2D eigenvalue weighted by Crippen LogP contribution is 2.19. The Morgan fingerprint density at radius 1 is 1.39 bits per heavy atom. The number of hydrogen-bond donors (Lipinski definition) is 2. The highest BCUT2D eigenvalue weighted by atomic mass is 32.2. The van der Waals surface area contributed by atoms with Gasteiger partial charge in [-0.15, -0.1) is 0 Å². The Morgan fingerprint density at radius 2 is 2.06 bits per heavy atom. The molecule has 3 N–H and O–H groups in total. The Bertz CT molecular complexity index is 493. The van der Waals surface area contributed by atoms with Crippen molar-refractivity contribution in [3.05, 3.63) is 11.4 Å². The topological polar surface area (TPSA) is 90.0 Å². The minimum atomic E-state index is -3.45. The fourth-order valence-electron chi connectivity index (χ4n) is 1.84. The largest absolute Gasteiger partial charge is 0.330 e. The average Bonchev–Trinajstić information content (AvgIpc) is 2.59. The molecule has 0 saturated carbocycles. The Morgan fingerprint density at radius 3 is 2.61 bits per heavy atom. The van der Waals surface area contributed by atoms with Crippen molar-refractivity contribution in [3.63, 3.8) is 0 Å². The summed E-state index contributed by atoms with van der Waals surface area (Å²) in [7, 11) is -3.45. The molecule has 0 aliphatic heterocycles. The van der Waals surface area contributed by atoms with E-state index in [0.29, 0.717) is 35.9 Å². The van der Waals surface area contributed by atoms with Crippen LogP contribution in [0, 0.1) is 13.8 Å². The van der Waals surface area contributed by atoms with Gasteiger partial charge in [-0.05, 0) is 33.2 Å². The van der Waals surface area contributed by atoms with Crippen molar-refractivity contribution in [3.8, 4) is 0 Å². The molecule has 7 heteroatoms. The molecule has 1 aromatic rings. The zero-order chi connectivity index (χ0) is 13.8. The number of aromatic nitrogens is 2. The minimum Gasteiger partial charge on any atom is -0.330 e. The van der Waals surface area contributed by atoms with Gasteiger partial charge in [0.05, 0.1) is 11.4 Å². The molecule has 0 fully saturated rings. The number of nitrogens with two attached hydrogens (primary N) is 1. The van der Waals surface area contributed by atoms with Crippen LogP contribution < -0.4 is 10.5 Å². The summed E-state index contributed by atoms with van der Waals surface area (Å²) in [5.74, 6) is 0. The van der Waals surface area contributed by atoms with Gasteiger partial charge in [0.25, 0.3) is 0 Å². The minimum absolute atomic E-state index is 0.299. The zero-order valence-electron chi connectivity index (χ0n) is 11.2. The molecule has 0 aliphatic rings. The number of nitrogens with one attached hydrogen (secondary N) is 1. The first-order valence-corrected chi connectivity index (χ1v) is 7.66. The molecule has 0 unspecified atom stereocenters. The van der Waals surface area contributed by atoms with Gasteiger partial charge >= 0.3 is 0 Å². The summed E-state index contributed by atoms with van der Waals surface area (Å²) in [6.45, 7) is 7.06. The third-order valence-electron chi connectivity index (χ3n) is 2.70. The van der Waals surface area contributed by atoms with E-state index < -0.39 is 10.0 Å². The Kier molecular flexibility index (Phi) is 5.30.